The number of hydrogen-bond acceptors (Lipinski definition) is 7. The normalized spacial score (nSPS) is 14.5. The van der Waals surface area contributed by atoms with E-state index in [1.54, 1.807) is 18.2 Å². The van der Waals surface area contributed by atoms with E-state index in [-0.39, 0.29) is 11.9 Å². The van der Waals surface area contributed by atoms with Crippen LogP contribution in [-0.4, -0.2) is 40.6 Å². The minimum absolute atomic E-state index is 0.123. The van der Waals surface area contributed by atoms with E-state index in [0.29, 0.717) is 52.8 Å². The van der Waals surface area contributed by atoms with Gasteiger partial charge in [0.05, 0.1) is 23.7 Å². The van der Waals surface area contributed by atoms with Crippen LogP contribution in [0.25, 0.3) is 11.0 Å². The molecule has 0 aliphatic carbocycles. The van der Waals surface area contributed by atoms with Crippen molar-refractivity contribution in [3.05, 3.63) is 30.0 Å². The highest BCUT2D eigenvalue weighted by Gasteiger charge is 2.23. The Hall–Kier alpha value is -3.80. The van der Waals surface area contributed by atoms with Crippen molar-refractivity contribution in [2.45, 2.75) is 39.2 Å². The summed E-state index contributed by atoms with van der Waals surface area (Å²) < 4.78 is 5.55. The van der Waals surface area contributed by atoms with Gasteiger partial charge in [0.25, 0.3) is 0 Å². The van der Waals surface area contributed by atoms with Gasteiger partial charge in [-0.3, -0.25) is 4.79 Å². The molecule has 31 heavy (non-hydrogen) atoms. The maximum atomic E-state index is 12.1. The molecule has 0 unspecified atom stereocenters. The molecule has 1 amide bonds. The number of carbonyl (C=O) groups is 1. The molecule has 3 heterocycles. The Balaban J connectivity index is 1.69. The first-order chi connectivity index (χ1) is 15.0. The van der Waals surface area contributed by atoms with Crippen molar-refractivity contribution in [3.63, 3.8) is 0 Å². The molecule has 4 rings (SSSR count). The number of benzene rings is 1. The predicted octanol–water partition coefficient (Wildman–Crippen LogP) is 3.92. The Bertz CT molecular complexity index is 1160. The number of carbonyl (C=O) groups excluding carboxylic acids is 1. The van der Waals surface area contributed by atoms with Gasteiger partial charge in [-0.1, -0.05) is 6.92 Å². The highest BCUT2D eigenvalue weighted by atomic mass is 16.5. The van der Waals surface area contributed by atoms with Gasteiger partial charge in [-0.05, 0) is 31.9 Å². The van der Waals surface area contributed by atoms with Gasteiger partial charge in [-0.25, -0.2) is 0 Å². The first kappa shape index (κ1) is 20.5. The van der Waals surface area contributed by atoms with Crippen molar-refractivity contribution in [2.75, 3.05) is 29.2 Å². The topological polar surface area (TPSA) is 119 Å². The SMILES string of the molecule is CC[C@@H](C)Nc1nc(Nc2ccc(N3CCCC3=O)cc2OC)nc2[nH]cc(C#N)c12. The number of aromatic nitrogens is 3. The van der Waals surface area contributed by atoms with Crippen LogP contribution in [0.15, 0.2) is 24.4 Å². The van der Waals surface area contributed by atoms with Gasteiger partial charge >= 0.3 is 0 Å². The summed E-state index contributed by atoms with van der Waals surface area (Å²) in [6.07, 6.45) is 3.98. The number of hydrogen-bond donors (Lipinski definition) is 3. The second-order valence-electron chi connectivity index (χ2n) is 7.55. The van der Waals surface area contributed by atoms with Crippen LogP contribution >= 0.6 is 0 Å². The van der Waals surface area contributed by atoms with Crippen LogP contribution in [0.1, 0.15) is 38.7 Å². The average Bonchev–Trinajstić information content (AvgIpc) is 3.39. The molecule has 1 aromatic carbocycles. The van der Waals surface area contributed by atoms with Crippen molar-refractivity contribution in [1.82, 2.24) is 15.0 Å². The molecule has 0 spiro atoms. The molecule has 0 saturated carbocycles. The summed E-state index contributed by atoms with van der Waals surface area (Å²) in [5.74, 6) is 1.67. The van der Waals surface area contributed by atoms with Gasteiger partial charge in [0.15, 0.2) is 0 Å². The van der Waals surface area contributed by atoms with Gasteiger partial charge in [0.1, 0.15) is 23.3 Å². The number of fused-ring (bicyclic) bond motifs is 1. The highest BCUT2D eigenvalue weighted by molar-refractivity contribution is 5.96. The first-order valence-corrected chi connectivity index (χ1v) is 10.3. The van der Waals surface area contributed by atoms with Crippen LogP contribution < -0.4 is 20.3 Å². The fourth-order valence-corrected chi connectivity index (χ4v) is 3.61. The van der Waals surface area contributed by atoms with Gasteiger partial charge in [0, 0.05) is 37.0 Å². The monoisotopic (exact) mass is 419 g/mol. The lowest BCUT2D eigenvalue weighted by Gasteiger charge is -2.19. The second-order valence-corrected chi connectivity index (χ2v) is 7.55. The molecule has 9 nitrogen and oxygen atoms in total. The zero-order valence-electron chi connectivity index (χ0n) is 17.8. The molecule has 2 aromatic heterocycles. The number of amides is 1. The fourth-order valence-electron chi connectivity index (χ4n) is 3.61. The summed E-state index contributed by atoms with van der Waals surface area (Å²) in [7, 11) is 1.58. The average molecular weight is 419 g/mol. The third kappa shape index (κ3) is 3.97. The first-order valence-electron chi connectivity index (χ1n) is 10.3. The number of rotatable bonds is 7. The van der Waals surface area contributed by atoms with Crippen molar-refractivity contribution in [3.8, 4) is 11.8 Å². The van der Waals surface area contributed by atoms with Gasteiger partial charge in [-0.2, -0.15) is 15.2 Å². The van der Waals surface area contributed by atoms with Crippen LogP contribution in [0.3, 0.4) is 0 Å². The van der Waals surface area contributed by atoms with E-state index in [4.69, 9.17) is 4.74 Å². The van der Waals surface area contributed by atoms with Gasteiger partial charge < -0.3 is 25.3 Å². The van der Waals surface area contributed by atoms with Crippen LogP contribution in [-0.2, 0) is 4.79 Å². The van der Waals surface area contributed by atoms with Crippen LogP contribution in [0, 0.1) is 11.3 Å². The van der Waals surface area contributed by atoms with E-state index in [9.17, 15) is 10.1 Å². The third-order valence-electron chi connectivity index (χ3n) is 5.46. The Morgan fingerprint density at radius 1 is 1.39 bits per heavy atom. The van der Waals surface area contributed by atoms with Crippen molar-refractivity contribution in [2.24, 2.45) is 0 Å². The molecule has 1 fully saturated rings. The fraction of sp³-hybridized carbons (Fsp3) is 0.364. The third-order valence-corrected chi connectivity index (χ3v) is 5.46. The van der Waals surface area contributed by atoms with Gasteiger partial charge in [0.2, 0.25) is 11.9 Å². The summed E-state index contributed by atoms with van der Waals surface area (Å²) >= 11 is 0. The number of aromatic amines is 1. The van der Waals surface area contributed by atoms with Crippen molar-refractivity contribution < 1.29 is 9.53 Å². The molecule has 0 bridgehead atoms. The molecular formula is C22H25N7O2. The number of nitrogens with zero attached hydrogens (tertiary/aromatic N) is 4. The second kappa shape index (κ2) is 8.52. The smallest absolute Gasteiger partial charge is 0.231 e. The Kier molecular flexibility index (Phi) is 5.62. The summed E-state index contributed by atoms with van der Waals surface area (Å²) in [6, 6.07) is 7.93. The molecule has 3 N–H and O–H groups in total. The summed E-state index contributed by atoms with van der Waals surface area (Å²) in [4.78, 5) is 26.0. The standard InChI is InChI=1S/C22H25N7O2/c1-4-13(2)25-21-19-14(11-23)12-24-20(19)27-22(28-21)26-16-8-7-15(10-17(16)31-3)29-9-5-6-18(29)30/h7-8,10,12-13H,4-6,9H2,1-3H3,(H3,24,25,26,27,28)/t13-/m1/s1. The van der Waals surface area contributed by atoms with E-state index in [1.165, 1.54) is 0 Å². The Morgan fingerprint density at radius 3 is 2.90 bits per heavy atom. The lowest BCUT2D eigenvalue weighted by Crippen LogP contribution is -2.23. The van der Waals surface area contributed by atoms with E-state index >= 15 is 0 Å². The van der Waals surface area contributed by atoms with E-state index in [0.717, 1.165) is 18.5 Å². The molecule has 1 aliphatic heterocycles. The largest absolute Gasteiger partial charge is 0.494 e. The molecule has 0 radical (unpaired) electrons. The molecule has 9 heteroatoms. The number of methoxy groups -OCH3 is 1. The highest BCUT2D eigenvalue weighted by Crippen LogP contribution is 2.34. The zero-order chi connectivity index (χ0) is 22.0. The van der Waals surface area contributed by atoms with E-state index in [1.807, 2.05) is 18.2 Å². The van der Waals surface area contributed by atoms with Gasteiger partial charge in [-0.15, -0.1) is 0 Å². The van der Waals surface area contributed by atoms with Crippen LogP contribution in [0.4, 0.5) is 23.1 Å². The maximum Gasteiger partial charge on any atom is 0.231 e. The zero-order valence-corrected chi connectivity index (χ0v) is 17.8. The quantitative estimate of drug-likeness (QED) is 0.531. The van der Waals surface area contributed by atoms with Crippen LogP contribution in [0.5, 0.6) is 5.75 Å². The number of nitrogens with one attached hydrogen (secondary N) is 3. The lowest BCUT2D eigenvalue weighted by atomic mass is 10.2. The molecule has 3 aromatic rings. The molecule has 1 atom stereocenters. The number of anilines is 4. The summed E-state index contributed by atoms with van der Waals surface area (Å²) in [5.41, 5.74) is 2.55. The lowest BCUT2D eigenvalue weighted by molar-refractivity contribution is -0.117. The van der Waals surface area contributed by atoms with E-state index < -0.39 is 0 Å². The Morgan fingerprint density at radius 2 is 2.23 bits per heavy atom. The number of ether oxygens (including phenoxy) is 1. The van der Waals surface area contributed by atoms with Crippen LogP contribution in [0.2, 0.25) is 0 Å². The number of H-pyrrole nitrogens is 1. The molecular weight excluding hydrogens is 394 g/mol. The van der Waals surface area contributed by atoms with E-state index in [2.05, 4.69) is 45.5 Å². The maximum absolute atomic E-state index is 12.1. The predicted molar refractivity (Wildman–Crippen MR) is 120 cm³/mol. The summed E-state index contributed by atoms with van der Waals surface area (Å²) in [6.45, 7) is 4.85. The van der Waals surface area contributed by atoms with Crippen molar-refractivity contribution >= 4 is 40.1 Å². The number of nitriles is 1. The Labute approximate surface area is 180 Å². The minimum Gasteiger partial charge on any atom is -0.494 e. The van der Waals surface area contributed by atoms with Crippen molar-refractivity contribution in [1.29, 1.82) is 5.26 Å². The summed E-state index contributed by atoms with van der Waals surface area (Å²) in [5, 5.41) is 16.7. The minimum atomic E-state index is 0.123. The molecule has 1 aliphatic rings. The molecule has 160 valence electrons. The molecule has 1 saturated heterocycles.